The summed E-state index contributed by atoms with van der Waals surface area (Å²) in [5.41, 5.74) is 9.22. The Kier molecular flexibility index (Phi) is 7.14. The van der Waals surface area contributed by atoms with Crippen molar-refractivity contribution in [1.29, 1.82) is 0 Å². The number of aryl methyl sites for hydroxylation is 1. The first-order chi connectivity index (χ1) is 16.6. The van der Waals surface area contributed by atoms with E-state index < -0.39 is 16.1 Å². The lowest BCUT2D eigenvalue weighted by Gasteiger charge is -2.23. The molecule has 0 saturated heterocycles. The Balaban J connectivity index is 1.63. The Morgan fingerprint density at radius 3 is 2.43 bits per heavy atom. The summed E-state index contributed by atoms with van der Waals surface area (Å²) in [6.45, 7) is 6.72. The highest BCUT2D eigenvalue weighted by atomic mass is 32.2. The minimum absolute atomic E-state index is 0.0290. The van der Waals surface area contributed by atoms with Crippen LogP contribution in [0.3, 0.4) is 0 Å². The molecule has 4 rings (SSSR count). The van der Waals surface area contributed by atoms with E-state index in [2.05, 4.69) is 22.1 Å². The standard InChI is InChI=1S/C25H34N6O3S/c1-6-35(32,33)31(5)23-14-19(13-22(27-23)30(4)15-20-11-17(20)3)24-28-29-25(34-24)21(26)12-18-9-7-16(2)8-10-18/h7-10,13-14,17,20-21H,6,11-12,15,26H2,1-5H3. The fourth-order valence-electron chi connectivity index (χ4n) is 3.98. The van der Waals surface area contributed by atoms with E-state index in [1.54, 1.807) is 13.0 Å². The van der Waals surface area contributed by atoms with Gasteiger partial charge >= 0.3 is 0 Å². The first-order valence-electron chi connectivity index (χ1n) is 11.9. The molecule has 0 aliphatic heterocycles. The molecule has 3 aromatic rings. The summed E-state index contributed by atoms with van der Waals surface area (Å²) in [4.78, 5) is 6.69. The van der Waals surface area contributed by atoms with Gasteiger partial charge in [-0.1, -0.05) is 36.8 Å². The van der Waals surface area contributed by atoms with Crippen LogP contribution in [0, 0.1) is 18.8 Å². The average Bonchev–Trinajstić information content (AvgIpc) is 3.32. The van der Waals surface area contributed by atoms with E-state index in [0.717, 1.165) is 12.1 Å². The molecular formula is C25H34N6O3S. The van der Waals surface area contributed by atoms with Gasteiger partial charge in [0.25, 0.3) is 0 Å². The lowest BCUT2D eigenvalue weighted by Crippen LogP contribution is -2.30. The molecule has 0 radical (unpaired) electrons. The molecule has 2 N–H and O–H groups in total. The summed E-state index contributed by atoms with van der Waals surface area (Å²) in [6, 6.07) is 11.2. The fourth-order valence-corrected chi connectivity index (χ4v) is 4.75. The minimum Gasteiger partial charge on any atom is -0.419 e. The molecule has 0 spiro atoms. The number of nitrogens with zero attached hydrogens (tertiary/aromatic N) is 5. The zero-order chi connectivity index (χ0) is 25.3. The van der Waals surface area contributed by atoms with Crippen LogP contribution in [0.25, 0.3) is 11.5 Å². The number of nitrogens with two attached hydrogens (primary N) is 1. The number of pyridine rings is 1. The van der Waals surface area contributed by atoms with Crippen molar-refractivity contribution in [2.45, 2.75) is 39.7 Å². The Bertz CT molecular complexity index is 1270. The molecule has 0 bridgehead atoms. The molecule has 1 saturated carbocycles. The van der Waals surface area contributed by atoms with Crippen molar-refractivity contribution in [2.24, 2.45) is 17.6 Å². The predicted octanol–water partition coefficient (Wildman–Crippen LogP) is 3.56. The third kappa shape index (κ3) is 5.82. The minimum atomic E-state index is -3.49. The first-order valence-corrected chi connectivity index (χ1v) is 13.5. The summed E-state index contributed by atoms with van der Waals surface area (Å²) in [6.07, 6.45) is 1.75. The van der Waals surface area contributed by atoms with E-state index >= 15 is 0 Å². The largest absolute Gasteiger partial charge is 0.419 e. The van der Waals surface area contributed by atoms with Crippen LogP contribution in [0.1, 0.15) is 43.3 Å². The summed E-state index contributed by atoms with van der Waals surface area (Å²) < 4.78 is 32.3. The quantitative estimate of drug-likeness (QED) is 0.451. The van der Waals surface area contributed by atoms with Crippen LogP contribution in [0.2, 0.25) is 0 Å². The first kappa shape index (κ1) is 25.1. The summed E-state index contributed by atoms with van der Waals surface area (Å²) in [5, 5.41) is 8.40. The number of hydrogen-bond donors (Lipinski definition) is 1. The zero-order valence-corrected chi connectivity index (χ0v) is 21.8. The van der Waals surface area contributed by atoms with Gasteiger partial charge in [-0.05, 0) is 56.2 Å². The van der Waals surface area contributed by atoms with Crippen molar-refractivity contribution < 1.29 is 12.8 Å². The average molecular weight is 499 g/mol. The maximum Gasteiger partial charge on any atom is 0.248 e. The SMILES string of the molecule is CCS(=O)(=O)N(C)c1cc(-c2nnc(C(N)Cc3ccc(C)cc3)o2)cc(N(C)CC2CC2C)n1. The maximum atomic E-state index is 12.6. The van der Waals surface area contributed by atoms with Gasteiger partial charge in [0.2, 0.25) is 21.8 Å². The summed E-state index contributed by atoms with van der Waals surface area (Å²) in [7, 11) is -0.0198. The molecule has 188 valence electrons. The summed E-state index contributed by atoms with van der Waals surface area (Å²) >= 11 is 0. The molecule has 2 heterocycles. The van der Waals surface area contributed by atoms with E-state index in [9.17, 15) is 8.42 Å². The Morgan fingerprint density at radius 2 is 1.80 bits per heavy atom. The van der Waals surface area contributed by atoms with Crippen LogP contribution in [-0.4, -0.2) is 50.0 Å². The highest BCUT2D eigenvalue weighted by Crippen LogP contribution is 2.39. The van der Waals surface area contributed by atoms with E-state index in [1.807, 2.05) is 49.2 Å². The molecule has 1 aliphatic carbocycles. The van der Waals surface area contributed by atoms with Crippen molar-refractivity contribution in [3.05, 3.63) is 53.4 Å². The molecule has 35 heavy (non-hydrogen) atoms. The molecule has 0 amide bonds. The third-order valence-electron chi connectivity index (χ3n) is 6.66. The Labute approximate surface area is 207 Å². The molecule has 3 unspecified atom stereocenters. The van der Waals surface area contributed by atoms with Gasteiger partial charge in [0.05, 0.1) is 11.8 Å². The normalized spacial score (nSPS) is 18.3. The third-order valence-corrected chi connectivity index (χ3v) is 8.41. The van der Waals surface area contributed by atoms with Crippen LogP contribution in [0.15, 0.2) is 40.8 Å². The smallest absolute Gasteiger partial charge is 0.248 e. The van der Waals surface area contributed by atoms with E-state index in [0.29, 0.717) is 41.3 Å². The molecule has 1 aliphatic rings. The Hall–Kier alpha value is -2.98. The fraction of sp³-hybridized carbons (Fsp3) is 0.480. The van der Waals surface area contributed by atoms with Gasteiger partial charge in [0, 0.05) is 26.2 Å². The number of hydrogen-bond acceptors (Lipinski definition) is 8. The number of benzene rings is 1. The van der Waals surface area contributed by atoms with Gasteiger partial charge in [0.1, 0.15) is 11.6 Å². The van der Waals surface area contributed by atoms with E-state index in [-0.39, 0.29) is 11.6 Å². The van der Waals surface area contributed by atoms with Crippen LogP contribution >= 0.6 is 0 Å². The van der Waals surface area contributed by atoms with Crippen LogP contribution in [0.4, 0.5) is 11.6 Å². The number of rotatable bonds is 10. The molecular weight excluding hydrogens is 464 g/mol. The van der Waals surface area contributed by atoms with Gasteiger partial charge in [-0.3, -0.25) is 4.31 Å². The van der Waals surface area contributed by atoms with Crippen molar-refractivity contribution in [2.75, 3.05) is 35.6 Å². The molecule has 3 atom stereocenters. The predicted molar refractivity (Wildman–Crippen MR) is 138 cm³/mol. The van der Waals surface area contributed by atoms with Crippen molar-refractivity contribution in [1.82, 2.24) is 15.2 Å². The molecule has 1 aromatic carbocycles. The summed E-state index contributed by atoms with van der Waals surface area (Å²) in [5.74, 6) is 2.84. The van der Waals surface area contributed by atoms with Crippen LogP contribution in [0.5, 0.6) is 0 Å². The number of anilines is 2. The number of aromatic nitrogens is 3. The van der Waals surface area contributed by atoms with Crippen molar-refractivity contribution >= 4 is 21.7 Å². The monoisotopic (exact) mass is 498 g/mol. The second kappa shape index (κ2) is 9.94. The molecule has 2 aromatic heterocycles. The molecule has 9 nitrogen and oxygen atoms in total. The maximum absolute atomic E-state index is 12.6. The molecule has 1 fully saturated rings. The topological polar surface area (TPSA) is 118 Å². The van der Waals surface area contributed by atoms with Crippen molar-refractivity contribution in [3.63, 3.8) is 0 Å². The van der Waals surface area contributed by atoms with Gasteiger partial charge in [0.15, 0.2) is 0 Å². The van der Waals surface area contributed by atoms with Crippen molar-refractivity contribution in [3.8, 4) is 11.5 Å². The Morgan fingerprint density at radius 1 is 1.14 bits per heavy atom. The highest BCUT2D eigenvalue weighted by Gasteiger charge is 2.34. The highest BCUT2D eigenvalue weighted by molar-refractivity contribution is 7.92. The number of sulfonamides is 1. The van der Waals surface area contributed by atoms with Crippen LogP contribution < -0.4 is 14.9 Å². The molecule has 10 heteroatoms. The van der Waals surface area contributed by atoms with Gasteiger partial charge in [-0.2, -0.15) is 0 Å². The lowest BCUT2D eigenvalue weighted by atomic mass is 10.1. The second-order valence-electron chi connectivity index (χ2n) is 9.54. The van der Waals surface area contributed by atoms with E-state index in [4.69, 9.17) is 10.2 Å². The lowest BCUT2D eigenvalue weighted by molar-refractivity contribution is 0.457. The van der Waals surface area contributed by atoms with Gasteiger partial charge < -0.3 is 15.1 Å². The zero-order valence-electron chi connectivity index (χ0n) is 21.0. The van der Waals surface area contributed by atoms with Gasteiger partial charge in [-0.25, -0.2) is 13.4 Å². The van der Waals surface area contributed by atoms with E-state index in [1.165, 1.54) is 23.3 Å². The van der Waals surface area contributed by atoms with Gasteiger partial charge in [-0.15, -0.1) is 10.2 Å². The van der Waals surface area contributed by atoms with Crippen LogP contribution in [-0.2, 0) is 16.4 Å². The second-order valence-corrected chi connectivity index (χ2v) is 11.8.